The Kier molecular flexibility index (Phi) is 6.58. The summed E-state index contributed by atoms with van der Waals surface area (Å²) in [6.07, 6.45) is -0.905. The molecule has 8 heteroatoms. The monoisotopic (exact) mass is 299 g/mol. The molecular formula is C11H23F2N3O2S. The van der Waals surface area contributed by atoms with Crippen LogP contribution < -0.4 is 5.32 Å². The lowest BCUT2D eigenvalue weighted by molar-refractivity contribution is 0.122. The molecule has 19 heavy (non-hydrogen) atoms. The van der Waals surface area contributed by atoms with E-state index in [4.69, 9.17) is 0 Å². The lowest BCUT2D eigenvalue weighted by Crippen LogP contribution is -2.49. The molecule has 5 nitrogen and oxygen atoms in total. The van der Waals surface area contributed by atoms with Gasteiger partial charge in [-0.2, -0.15) is 17.0 Å². The lowest BCUT2D eigenvalue weighted by atomic mass is 10.00. The zero-order valence-corrected chi connectivity index (χ0v) is 12.3. The van der Waals surface area contributed by atoms with E-state index in [2.05, 4.69) is 5.32 Å². The van der Waals surface area contributed by atoms with Crippen molar-refractivity contribution < 1.29 is 17.2 Å². The summed E-state index contributed by atoms with van der Waals surface area (Å²) in [5.74, 6) is 0.253. The predicted molar refractivity (Wildman–Crippen MR) is 70.4 cm³/mol. The van der Waals surface area contributed by atoms with Crippen molar-refractivity contribution in [1.29, 1.82) is 0 Å². The molecule has 0 aromatic heterocycles. The molecule has 0 spiro atoms. The molecule has 1 aliphatic heterocycles. The number of hydrogen-bond acceptors (Lipinski definition) is 3. The molecule has 0 aliphatic carbocycles. The quantitative estimate of drug-likeness (QED) is 0.755. The molecule has 1 N–H and O–H groups in total. The SMILES string of the molecule is CCNCC1CCCN(S(=O)(=O)N(C)CC(F)F)C1. The molecule has 1 saturated heterocycles. The van der Waals surface area contributed by atoms with Crippen LogP contribution in [0.5, 0.6) is 0 Å². The number of alkyl halides is 2. The number of rotatable bonds is 7. The summed E-state index contributed by atoms with van der Waals surface area (Å²) in [6, 6.07) is 0. The Morgan fingerprint density at radius 2 is 2.16 bits per heavy atom. The van der Waals surface area contributed by atoms with Crippen molar-refractivity contribution in [2.45, 2.75) is 26.2 Å². The molecule has 0 aromatic rings. The topological polar surface area (TPSA) is 52.7 Å². The Morgan fingerprint density at radius 1 is 1.47 bits per heavy atom. The predicted octanol–water partition coefficient (Wildman–Crippen LogP) is 0.750. The first kappa shape index (κ1) is 16.7. The van der Waals surface area contributed by atoms with Gasteiger partial charge in [0.2, 0.25) is 0 Å². The molecule has 0 amide bonds. The van der Waals surface area contributed by atoms with Crippen molar-refractivity contribution in [1.82, 2.24) is 13.9 Å². The maximum Gasteiger partial charge on any atom is 0.281 e. The van der Waals surface area contributed by atoms with E-state index in [-0.39, 0.29) is 5.92 Å². The van der Waals surface area contributed by atoms with Gasteiger partial charge in [0.05, 0.1) is 6.54 Å². The van der Waals surface area contributed by atoms with Gasteiger partial charge < -0.3 is 5.32 Å². The first-order chi connectivity index (χ1) is 8.87. The maximum atomic E-state index is 12.3. The van der Waals surface area contributed by atoms with Crippen LogP contribution in [0.15, 0.2) is 0 Å². The van der Waals surface area contributed by atoms with Crippen LogP contribution in [0, 0.1) is 5.92 Å². The van der Waals surface area contributed by atoms with Gasteiger partial charge in [-0.1, -0.05) is 6.92 Å². The van der Waals surface area contributed by atoms with E-state index in [0.29, 0.717) is 13.1 Å². The average Bonchev–Trinajstić information content (AvgIpc) is 2.35. The maximum absolute atomic E-state index is 12.3. The van der Waals surface area contributed by atoms with Gasteiger partial charge in [0.25, 0.3) is 16.6 Å². The van der Waals surface area contributed by atoms with Crippen molar-refractivity contribution >= 4 is 10.2 Å². The van der Waals surface area contributed by atoms with Crippen LogP contribution in [0.25, 0.3) is 0 Å². The fourth-order valence-corrected chi connectivity index (χ4v) is 3.69. The summed E-state index contributed by atoms with van der Waals surface area (Å²) >= 11 is 0. The number of nitrogens with one attached hydrogen (secondary N) is 1. The third-order valence-electron chi connectivity index (χ3n) is 3.28. The first-order valence-corrected chi connectivity index (χ1v) is 7.97. The second-order valence-corrected chi connectivity index (χ2v) is 6.89. The number of hydrogen-bond donors (Lipinski definition) is 1. The smallest absolute Gasteiger partial charge is 0.281 e. The third-order valence-corrected chi connectivity index (χ3v) is 5.20. The van der Waals surface area contributed by atoms with Crippen molar-refractivity contribution in [2.24, 2.45) is 5.92 Å². The highest BCUT2D eigenvalue weighted by Gasteiger charge is 2.32. The molecule has 1 fully saturated rings. The second-order valence-electron chi connectivity index (χ2n) is 4.85. The average molecular weight is 299 g/mol. The van der Waals surface area contributed by atoms with E-state index in [9.17, 15) is 17.2 Å². The van der Waals surface area contributed by atoms with Gasteiger partial charge in [0, 0.05) is 20.1 Å². The van der Waals surface area contributed by atoms with Crippen molar-refractivity contribution in [3.05, 3.63) is 0 Å². The molecule has 1 heterocycles. The highest BCUT2D eigenvalue weighted by atomic mass is 32.2. The van der Waals surface area contributed by atoms with Crippen LogP contribution in [0.1, 0.15) is 19.8 Å². The van der Waals surface area contributed by atoms with Crippen LogP contribution in [0.4, 0.5) is 8.78 Å². The van der Waals surface area contributed by atoms with E-state index in [1.807, 2.05) is 6.92 Å². The molecule has 1 rings (SSSR count). The lowest BCUT2D eigenvalue weighted by Gasteiger charge is -2.34. The number of piperidine rings is 1. The molecule has 0 bridgehead atoms. The van der Waals surface area contributed by atoms with E-state index < -0.39 is 23.2 Å². The highest BCUT2D eigenvalue weighted by Crippen LogP contribution is 2.20. The largest absolute Gasteiger partial charge is 0.317 e. The minimum absolute atomic E-state index is 0.253. The summed E-state index contributed by atoms with van der Waals surface area (Å²) < 4.78 is 50.9. The molecule has 0 aromatic carbocycles. The zero-order valence-electron chi connectivity index (χ0n) is 11.5. The van der Waals surface area contributed by atoms with Crippen LogP contribution in [-0.2, 0) is 10.2 Å². The van der Waals surface area contributed by atoms with Gasteiger partial charge in [-0.15, -0.1) is 0 Å². The van der Waals surface area contributed by atoms with Gasteiger partial charge in [-0.25, -0.2) is 8.78 Å². The van der Waals surface area contributed by atoms with E-state index in [1.165, 1.54) is 11.4 Å². The van der Waals surface area contributed by atoms with Gasteiger partial charge in [0.15, 0.2) is 0 Å². The first-order valence-electron chi connectivity index (χ1n) is 6.58. The Bertz CT molecular complexity index is 365. The molecule has 1 atom stereocenters. The van der Waals surface area contributed by atoms with E-state index in [1.54, 1.807) is 0 Å². The standard InChI is InChI=1S/C11H23F2N3O2S/c1-3-14-7-10-5-4-6-16(8-10)19(17,18)15(2)9-11(12)13/h10-11,14H,3-9H2,1-2H3. The van der Waals surface area contributed by atoms with E-state index in [0.717, 1.165) is 30.2 Å². The van der Waals surface area contributed by atoms with Gasteiger partial charge in [0.1, 0.15) is 0 Å². The number of nitrogens with zero attached hydrogens (tertiary/aromatic N) is 2. The summed E-state index contributed by atoms with van der Waals surface area (Å²) in [7, 11) is -2.55. The van der Waals surface area contributed by atoms with Gasteiger partial charge >= 0.3 is 0 Å². The van der Waals surface area contributed by atoms with Crippen molar-refractivity contribution in [3.63, 3.8) is 0 Å². The Labute approximate surface area is 114 Å². The Balaban J connectivity index is 2.62. The molecule has 1 unspecified atom stereocenters. The summed E-state index contributed by atoms with van der Waals surface area (Å²) in [5.41, 5.74) is 0. The summed E-state index contributed by atoms with van der Waals surface area (Å²) in [4.78, 5) is 0. The zero-order chi connectivity index (χ0) is 14.5. The minimum Gasteiger partial charge on any atom is -0.317 e. The minimum atomic E-state index is -3.76. The van der Waals surface area contributed by atoms with Crippen molar-refractivity contribution in [2.75, 3.05) is 39.8 Å². The molecule has 0 saturated carbocycles. The second kappa shape index (κ2) is 7.47. The fourth-order valence-electron chi connectivity index (χ4n) is 2.24. The van der Waals surface area contributed by atoms with Crippen LogP contribution in [0.2, 0.25) is 0 Å². The summed E-state index contributed by atoms with van der Waals surface area (Å²) in [5, 5.41) is 3.20. The van der Waals surface area contributed by atoms with Crippen LogP contribution in [0.3, 0.4) is 0 Å². The van der Waals surface area contributed by atoms with Gasteiger partial charge in [-0.3, -0.25) is 0 Å². The Hall–Kier alpha value is -0.310. The highest BCUT2D eigenvalue weighted by molar-refractivity contribution is 7.86. The molecule has 1 aliphatic rings. The van der Waals surface area contributed by atoms with Gasteiger partial charge in [-0.05, 0) is 31.8 Å². The fraction of sp³-hybridized carbons (Fsp3) is 1.00. The molecule has 114 valence electrons. The summed E-state index contributed by atoms with van der Waals surface area (Å²) in [6.45, 7) is 3.67. The van der Waals surface area contributed by atoms with E-state index >= 15 is 0 Å². The van der Waals surface area contributed by atoms with Crippen LogP contribution >= 0.6 is 0 Å². The van der Waals surface area contributed by atoms with Crippen molar-refractivity contribution in [3.8, 4) is 0 Å². The normalized spacial score (nSPS) is 22.3. The number of halogens is 2. The third kappa shape index (κ3) is 4.94. The van der Waals surface area contributed by atoms with Crippen LogP contribution in [-0.4, -0.2) is 63.2 Å². The Morgan fingerprint density at radius 3 is 2.74 bits per heavy atom. The molecular weight excluding hydrogens is 276 g/mol. The molecule has 0 radical (unpaired) electrons.